The maximum Gasteiger partial charge on any atom is 0.111 e. The molecule has 94 valence electrons. The van der Waals surface area contributed by atoms with Crippen LogP contribution in [0.1, 0.15) is 11.1 Å². The van der Waals surface area contributed by atoms with Gasteiger partial charge in [-0.25, -0.2) is 0 Å². The van der Waals surface area contributed by atoms with Crippen molar-refractivity contribution in [1.29, 1.82) is 0 Å². The molecule has 0 N–H and O–H groups in total. The van der Waals surface area contributed by atoms with Crippen molar-refractivity contribution < 1.29 is 0 Å². The van der Waals surface area contributed by atoms with Gasteiger partial charge in [0.25, 0.3) is 0 Å². The molecule has 0 aliphatic rings. The van der Waals surface area contributed by atoms with Gasteiger partial charge in [0.15, 0.2) is 0 Å². The van der Waals surface area contributed by atoms with E-state index >= 15 is 0 Å². The Morgan fingerprint density at radius 1 is 0.947 bits per heavy atom. The van der Waals surface area contributed by atoms with Gasteiger partial charge >= 0.3 is 0 Å². The normalized spacial score (nSPS) is 10.6. The van der Waals surface area contributed by atoms with Crippen molar-refractivity contribution in [3.05, 3.63) is 72.1 Å². The van der Waals surface area contributed by atoms with Crippen LogP contribution in [0.15, 0.2) is 60.9 Å². The summed E-state index contributed by atoms with van der Waals surface area (Å²) in [4.78, 5) is 4.31. The van der Waals surface area contributed by atoms with E-state index in [1.54, 1.807) is 6.20 Å². The highest BCUT2D eigenvalue weighted by atomic mass is 15.3. The van der Waals surface area contributed by atoms with Gasteiger partial charge in [0.2, 0.25) is 0 Å². The second kappa shape index (κ2) is 5.06. The van der Waals surface area contributed by atoms with E-state index in [2.05, 4.69) is 41.3 Å². The summed E-state index contributed by atoms with van der Waals surface area (Å²) in [7, 11) is 0. The third kappa shape index (κ3) is 2.71. The Hall–Kier alpha value is -2.42. The van der Waals surface area contributed by atoms with Crippen molar-refractivity contribution in [2.75, 3.05) is 0 Å². The molecule has 3 heteroatoms. The molecule has 0 bridgehead atoms. The molecule has 19 heavy (non-hydrogen) atoms. The van der Waals surface area contributed by atoms with E-state index in [0.717, 1.165) is 17.9 Å². The van der Waals surface area contributed by atoms with Gasteiger partial charge < -0.3 is 0 Å². The van der Waals surface area contributed by atoms with Crippen molar-refractivity contribution in [2.24, 2.45) is 0 Å². The van der Waals surface area contributed by atoms with Crippen LogP contribution in [0.25, 0.3) is 11.4 Å². The fourth-order valence-electron chi connectivity index (χ4n) is 1.98. The highest BCUT2D eigenvalue weighted by Crippen LogP contribution is 2.13. The second-order valence-corrected chi connectivity index (χ2v) is 4.60. The van der Waals surface area contributed by atoms with E-state index in [1.807, 2.05) is 35.1 Å². The van der Waals surface area contributed by atoms with E-state index in [0.29, 0.717) is 0 Å². The lowest BCUT2D eigenvalue weighted by Gasteiger charge is -2.02. The molecule has 0 amide bonds. The molecular formula is C16H15N3. The topological polar surface area (TPSA) is 30.7 Å². The van der Waals surface area contributed by atoms with Crippen LogP contribution in [0.3, 0.4) is 0 Å². The lowest BCUT2D eigenvalue weighted by atomic mass is 10.1. The monoisotopic (exact) mass is 249 g/mol. The van der Waals surface area contributed by atoms with Gasteiger partial charge in [-0.05, 0) is 30.7 Å². The predicted octanol–water partition coefficient (Wildman–Crippen LogP) is 3.30. The first-order valence-corrected chi connectivity index (χ1v) is 6.32. The van der Waals surface area contributed by atoms with Gasteiger partial charge in [-0.3, -0.25) is 9.67 Å². The number of aromatic nitrogens is 3. The highest BCUT2D eigenvalue weighted by Gasteiger charge is 2.03. The second-order valence-electron chi connectivity index (χ2n) is 4.60. The Morgan fingerprint density at radius 2 is 1.79 bits per heavy atom. The molecule has 1 aromatic carbocycles. The molecule has 0 unspecified atom stereocenters. The molecule has 3 rings (SSSR count). The van der Waals surface area contributed by atoms with Crippen LogP contribution < -0.4 is 0 Å². The molecule has 0 atom stereocenters. The largest absolute Gasteiger partial charge is 0.268 e. The Bertz CT molecular complexity index is 654. The highest BCUT2D eigenvalue weighted by molar-refractivity contribution is 5.52. The Labute approximate surface area is 112 Å². The first-order valence-electron chi connectivity index (χ1n) is 6.32. The number of benzene rings is 1. The van der Waals surface area contributed by atoms with Gasteiger partial charge in [-0.1, -0.05) is 35.9 Å². The quantitative estimate of drug-likeness (QED) is 0.713. The molecule has 3 nitrogen and oxygen atoms in total. The molecule has 0 spiro atoms. The summed E-state index contributed by atoms with van der Waals surface area (Å²) in [6, 6.07) is 16.4. The van der Waals surface area contributed by atoms with E-state index in [-0.39, 0.29) is 0 Å². The Balaban J connectivity index is 1.80. The number of aryl methyl sites for hydroxylation is 1. The minimum absolute atomic E-state index is 0.785. The standard InChI is InChI=1S/C16H15N3/c1-13-5-7-14(8-6-13)12-19-11-9-16(18-19)15-4-2-3-10-17-15/h2-11H,12H2,1H3. The van der Waals surface area contributed by atoms with E-state index in [9.17, 15) is 0 Å². The van der Waals surface area contributed by atoms with Crippen LogP contribution in [0.4, 0.5) is 0 Å². The van der Waals surface area contributed by atoms with Crippen molar-refractivity contribution in [3.8, 4) is 11.4 Å². The molecule has 0 radical (unpaired) electrons. The summed E-state index contributed by atoms with van der Waals surface area (Å²) in [6.45, 7) is 2.88. The maximum absolute atomic E-state index is 4.55. The van der Waals surface area contributed by atoms with Crippen molar-refractivity contribution in [1.82, 2.24) is 14.8 Å². The molecule has 0 saturated carbocycles. The van der Waals surface area contributed by atoms with Gasteiger partial charge in [0.05, 0.1) is 12.2 Å². The predicted molar refractivity (Wildman–Crippen MR) is 75.7 cm³/mol. The molecule has 0 aliphatic heterocycles. The third-order valence-electron chi connectivity index (χ3n) is 3.03. The van der Waals surface area contributed by atoms with Crippen LogP contribution in [-0.4, -0.2) is 14.8 Å². The zero-order chi connectivity index (χ0) is 13.1. The smallest absolute Gasteiger partial charge is 0.111 e. The average molecular weight is 249 g/mol. The SMILES string of the molecule is Cc1ccc(Cn2ccc(-c3ccccn3)n2)cc1. The molecule has 0 saturated heterocycles. The summed E-state index contributed by atoms with van der Waals surface area (Å²) >= 11 is 0. The van der Waals surface area contributed by atoms with Crippen LogP contribution in [0, 0.1) is 6.92 Å². The van der Waals surface area contributed by atoms with Crippen LogP contribution in [0.5, 0.6) is 0 Å². The summed E-state index contributed by atoms with van der Waals surface area (Å²) in [5, 5.41) is 4.55. The van der Waals surface area contributed by atoms with Crippen molar-refractivity contribution in [2.45, 2.75) is 13.5 Å². The van der Waals surface area contributed by atoms with Crippen molar-refractivity contribution in [3.63, 3.8) is 0 Å². The number of nitrogens with zero attached hydrogens (tertiary/aromatic N) is 3. The zero-order valence-corrected chi connectivity index (χ0v) is 10.8. The molecule has 2 heterocycles. The Kier molecular flexibility index (Phi) is 3.11. The maximum atomic E-state index is 4.55. The van der Waals surface area contributed by atoms with Gasteiger partial charge in [0, 0.05) is 12.4 Å². The zero-order valence-electron chi connectivity index (χ0n) is 10.8. The van der Waals surface area contributed by atoms with Crippen LogP contribution in [-0.2, 0) is 6.54 Å². The molecular weight excluding hydrogens is 234 g/mol. The van der Waals surface area contributed by atoms with Gasteiger partial charge in [-0.2, -0.15) is 5.10 Å². The summed E-state index contributed by atoms with van der Waals surface area (Å²) < 4.78 is 1.94. The summed E-state index contributed by atoms with van der Waals surface area (Å²) in [5.41, 5.74) is 4.34. The van der Waals surface area contributed by atoms with Gasteiger partial charge in [0.1, 0.15) is 5.69 Å². The number of hydrogen-bond donors (Lipinski definition) is 0. The van der Waals surface area contributed by atoms with E-state index in [4.69, 9.17) is 0 Å². The van der Waals surface area contributed by atoms with Crippen molar-refractivity contribution >= 4 is 0 Å². The lowest BCUT2D eigenvalue weighted by molar-refractivity contribution is 0.688. The average Bonchev–Trinajstić information content (AvgIpc) is 2.91. The minimum atomic E-state index is 0.785. The first kappa shape index (κ1) is 11.7. The Morgan fingerprint density at radius 3 is 2.53 bits per heavy atom. The molecule has 2 aromatic heterocycles. The molecule has 3 aromatic rings. The van der Waals surface area contributed by atoms with E-state index < -0.39 is 0 Å². The first-order chi connectivity index (χ1) is 9.31. The van der Waals surface area contributed by atoms with Crippen LogP contribution in [0.2, 0.25) is 0 Å². The molecule has 0 fully saturated rings. The lowest BCUT2D eigenvalue weighted by Crippen LogP contribution is -2.00. The summed E-state index contributed by atoms with van der Waals surface area (Å²) in [5.74, 6) is 0. The van der Waals surface area contributed by atoms with Crippen LogP contribution >= 0.6 is 0 Å². The fourth-order valence-corrected chi connectivity index (χ4v) is 1.98. The van der Waals surface area contributed by atoms with E-state index in [1.165, 1.54) is 11.1 Å². The van der Waals surface area contributed by atoms with Gasteiger partial charge in [-0.15, -0.1) is 0 Å². The third-order valence-corrected chi connectivity index (χ3v) is 3.03. The molecule has 0 aliphatic carbocycles. The summed E-state index contributed by atoms with van der Waals surface area (Å²) in [6.07, 6.45) is 3.78. The number of hydrogen-bond acceptors (Lipinski definition) is 2. The minimum Gasteiger partial charge on any atom is -0.268 e. The number of rotatable bonds is 3. The number of pyridine rings is 1. The fraction of sp³-hybridized carbons (Fsp3) is 0.125.